The zero-order chi connectivity index (χ0) is 14.6. The van der Waals surface area contributed by atoms with E-state index in [-0.39, 0.29) is 11.9 Å². The highest BCUT2D eigenvalue weighted by molar-refractivity contribution is 9.10. The maximum atomic E-state index is 6.02. The summed E-state index contributed by atoms with van der Waals surface area (Å²) in [6, 6.07) is 8.09. The van der Waals surface area contributed by atoms with E-state index in [4.69, 9.17) is 14.2 Å². The molecule has 0 aromatic heterocycles. The second kappa shape index (κ2) is 7.03. The lowest BCUT2D eigenvalue weighted by molar-refractivity contribution is -0.277. The van der Waals surface area contributed by atoms with Crippen LogP contribution in [0.4, 0.5) is 0 Å². The largest absolute Gasteiger partial charge is 0.366 e. The minimum Gasteiger partial charge on any atom is -0.366 e. The van der Waals surface area contributed by atoms with Crippen LogP contribution in [0.3, 0.4) is 0 Å². The Balaban J connectivity index is 1.86. The summed E-state index contributed by atoms with van der Waals surface area (Å²) in [5, 5.41) is 0. The van der Waals surface area contributed by atoms with Gasteiger partial charge < -0.3 is 14.2 Å². The van der Waals surface area contributed by atoms with Crippen molar-refractivity contribution in [1.29, 1.82) is 0 Å². The van der Waals surface area contributed by atoms with Gasteiger partial charge in [-0.2, -0.15) is 0 Å². The number of benzene rings is 1. The minimum absolute atomic E-state index is 0.0971. The summed E-state index contributed by atoms with van der Waals surface area (Å²) in [7, 11) is 0. The summed E-state index contributed by atoms with van der Waals surface area (Å²) >= 11 is 3.53. The van der Waals surface area contributed by atoms with E-state index in [1.54, 1.807) is 0 Å². The predicted molar refractivity (Wildman–Crippen MR) is 82.5 cm³/mol. The molecule has 20 heavy (non-hydrogen) atoms. The van der Waals surface area contributed by atoms with Gasteiger partial charge in [0.1, 0.15) is 5.60 Å². The van der Waals surface area contributed by atoms with Crippen LogP contribution in [0.25, 0.3) is 0 Å². The summed E-state index contributed by atoms with van der Waals surface area (Å²) in [5.74, 6) is 0.419. The van der Waals surface area contributed by atoms with E-state index in [2.05, 4.69) is 35.8 Å². The van der Waals surface area contributed by atoms with Crippen LogP contribution in [0.15, 0.2) is 28.7 Å². The molecule has 0 aliphatic carbocycles. The summed E-state index contributed by atoms with van der Waals surface area (Å²) in [6.07, 6.45) is 0.958. The SMILES string of the molecule is CCC(C)C1OCC(C)(OCc2ccccc2Br)CO1. The molecule has 4 heteroatoms. The van der Waals surface area contributed by atoms with Gasteiger partial charge >= 0.3 is 0 Å². The Labute approximate surface area is 129 Å². The van der Waals surface area contributed by atoms with E-state index in [0.29, 0.717) is 25.7 Å². The first-order valence-electron chi connectivity index (χ1n) is 7.14. The van der Waals surface area contributed by atoms with Crippen molar-refractivity contribution >= 4 is 15.9 Å². The first-order valence-corrected chi connectivity index (χ1v) is 7.94. The molecule has 0 radical (unpaired) electrons. The Morgan fingerprint density at radius 1 is 1.35 bits per heavy atom. The Morgan fingerprint density at radius 3 is 2.60 bits per heavy atom. The maximum Gasteiger partial charge on any atom is 0.160 e. The molecule has 3 nitrogen and oxygen atoms in total. The smallest absolute Gasteiger partial charge is 0.160 e. The van der Waals surface area contributed by atoms with Crippen molar-refractivity contribution in [2.45, 2.75) is 45.7 Å². The van der Waals surface area contributed by atoms with Crippen LogP contribution in [0.5, 0.6) is 0 Å². The monoisotopic (exact) mass is 342 g/mol. The Kier molecular flexibility index (Phi) is 5.61. The van der Waals surface area contributed by atoms with Gasteiger partial charge in [-0.05, 0) is 25.0 Å². The van der Waals surface area contributed by atoms with Crippen LogP contribution in [-0.4, -0.2) is 25.1 Å². The fourth-order valence-electron chi connectivity index (χ4n) is 2.08. The molecule has 1 fully saturated rings. The molecule has 1 aliphatic heterocycles. The molecule has 0 spiro atoms. The first kappa shape index (κ1) is 16.0. The summed E-state index contributed by atoms with van der Waals surface area (Å²) in [4.78, 5) is 0. The number of halogens is 1. The van der Waals surface area contributed by atoms with Crippen LogP contribution in [0.1, 0.15) is 32.8 Å². The Morgan fingerprint density at radius 2 is 2.00 bits per heavy atom. The van der Waals surface area contributed by atoms with Crippen molar-refractivity contribution in [2.24, 2.45) is 5.92 Å². The topological polar surface area (TPSA) is 27.7 Å². The van der Waals surface area contributed by atoms with E-state index in [0.717, 1.165) is 16.5 Å². The second-order valence-electron chi connectivity index (χ2n) is 5.71. The average molecular weight is 343 g/mol. The summed E-state index contributed by atoms with van der Waals surface area (Å²) in [5.41, 5.74) is 0.761. The molecule has 1 aromatic carbocycles. The molecule has 1 atom stereocenters. The molecule has 112 valence electrons. The van der Waals surface area contributed by atoms with Gasteiger partial charge in [0.05, 0.1) is 19.8 Å². The average Bonchev–Trinajstić information content (AvgIpc) is 2.46. The van der Waals surface area contributed by atoms with Crippen molar-refractivity contribution in [3.05, 3.63) is 34.3 Å². The van der Waals surface area contributed by atoms with Gasteiger partial charge in [-0.1, -0.05) is 48.0 Å². The molecule has 2 rings (SSSR count). The van der Waals surface area contributed by atoms with E-state index in [9.17, 15) is 0 Å². The van der Waals surface area contributed by atoms with E-state index in [1.807, 2.05) is 25.1 Å². The number of hydrogen-bond acceptors (Lipinski definition) is 3. The Hall–Kier alpha value is -0.420. The molecule has 0 N–H and O–H groups in total. The van der Waals surface area contributed by atoms with Crippen LogP contribution in [-0.2, 0) is 20.8 Å². The van der Waals surface area contributed by atoms with Crippen molar-refractivity contribution in [2.75, 3.05) is 13.2 Å². The lowest BCUT2D eigenvalue weighted by atomic mass is 10.1. The molecule has 1 aliphatic rings. The van der Waals surface area contributed by atoms with Gasteiger partial charge in [-0.15, -0.1) is 0 Å². The lowest BCUT2D eigenvalue weighted by Gasteiger charge is -2.39. The molecule has 0 saturated carbocycles. The van der Waals surface area contributed by atoms with Gasteiger partial charge in [-0.3, -0.25) is 0 Å². The fraction of sp³-hybridized carbons (Fsp3) is 0.625. The normalized spacial score (nSPS) is 28.3. The van der Waals surface area contributed by atoms with Gasteiger partial charge in [0.15, 0.2) is 6.29 Å². The molecular weight excluding hydrogens is 320 g/mol. The van der Waals surface area contributed by atoms with Crippen LogP contribution < -0.4 is 0 Å². The zero-order valence-electron chi connectivity index (χ0n) is 12.4. The number of ether oxygens (including phenoxy) is 3. The highest BCUT2D eigenvalue weighted by Crippen LogP contribution is 2.26. The first-order chi connectivity index (χ1) is 9.54. The van der Waals surface area contributed by atoms with E-state index in [1.165, 1.54) is 0 Å². The molecule has 1 heterocycles. The number of hydrogen-bond donors (Lipinski definition) is 0. The zero-order valence-corrected chi connectivity index (χ0v) is 14.0. The molecule has 1 unspecified atom stereocenters. The van der Waals surface area contributed by atoms with Crippen LogP contribution in [0, 0.1) is 5.92 Å². The molecule has 0 bridgehead atoms. The maximum absolute atomic E-state index is 6.02. The van der Waals surface area contributed by atoms with Crippen molar-refractivity contribution in [3.63, 3.8) is 0 Å². The summed E-state index contributed by atoms with van der Waals surface area (Å²) < 4.78 is 18.7. The standard InChI is InChI=1S/C16H23BrO3/c1-4-12(2)15-18-10-16(3,11-19-15)20-9-13-7-5-6-8-14(13)17/h5-8,12,15H,4,9-11H2,1-3H3. The fourth-order valence-corrected chi connectivity index (χ4v) is 2.48. The molecule has 1 saturated heterocycles. The van der Waals surface area contributed by atoms with Crippen molar-refractivity contribution in [3.8, 4) is 0 Å². The number of rotatable bonds is 5. The van der Waals surface area contributed by atoms with Gasteiger partial charge in [0, 0.05) is 10.4 Å². The highest BCUT2D eigenvalue weighted by Gasteiger charge is 2.35. The van der Waals surface area contributed by atoms with E-state index >= 15 is 0 Å². The molecule has 0 amide bonds. The predicted octanol–water partition coefficient (Wildman–Crippen LogP) is 4.14. The second-order valence-corrected chi connectivity index (χ2v) is 6.56. The minimum atomic E-state index is -0.376. The van der Waals surface area contributed by atoms with Crippen LogP contribution in [0.2, 0.25) is 0 Å². The van der Waals surface area contributed by atoms with Crippen molar-refractivity contribution < 1.29 is 14.2 Å². The molecular formula is C16H23BrO3. The third kappa shape index (κ3) is 4.04. The van der Waals surface area contributed by atoms with Crippen molar-refractivity contribution in [1.82, 2.24) is 0 Å². The van der Waals surface area contributed by atoms with Crippen LogP contribution >= 0.6 is 15.9 Å². The highest BCUT2D eigenvalue weighted by atomic mass is 79.9. The van der Waals surface area contributed by atoms with Gasteiger partial charge in [-0.25, -0.2) is 0 Å². The Bertz CT molecular complexity index is 427. The third-order valence-corrected chi connectivity index (χ3v) is 4.52. The summed E-state index contributed by atoms with van der Waals surface area (Å²) in [6.45, 7) is 8.04. The quantitative estimate of drug-likeness (QED) is 0.804. The van der Waals surface area contributed by atoms with Gasteiger partial charge in [0.2, 0.25) is 0 Å². The van der Waals surface area contributed by atoms with Gasteiger partial charge in [0.25, 0.3) is 0 Å². The third-order valence-electron chi connectivity index (χ3n) is 3.75. The molecule has 1 aromatic rings. The van der Waals surface area contributed by atoms with E-state index < -0.39 is 0 Å². The lowest BCUT2D eigenvalue weighted by Crippen LogP contribution is -2.48.